The molecule has 1 aromatic carbocycles. The van der Waals surface area contributed by atoms with Crippen LogP contribution in [0.2, 0.25) is 0 Å². The SMILES string of the molecule is CCC(CC)(CC)n1c(=O)[nH]c2ccc(C(=O)O)cc21. The summed E-state index contributed by atoms with van der Waals surface area (Å²) < 4.78 is 1.73. The third-order valence-corrected chi connectivity index (χ3v) is 4.38. The molecule has 0 radical (unpaired) electrons. The van der Waals surface area contributed by atoms with E-state index >= 15 is 0 Å². The Bertz CT molecular complexity index is 684. The van der Waals surface area contributed by atoms with Gasteiger partial charge in [-0.25, -0.2) is 9.59 Å². The van der Waals surface area contributed by atoms with Crippen molar-refractivity contribution in [1.82, 2.24) is 9.55 Å². The van der Waals surface area contributed by atoms with Gasteiger partial charge in [-0.1, -0.05) is 20.8 Å². The monoisotopic (exact) mass is 276 g/mol. The fraction of sp³-hybridized carbons (Fsp3) is 0.467. The van der Waals surface area contributed by atoms with Crippen LogP contribution in [0, 0.1) is 0 Å². The topological polar surface area (TPSA) is 75.1 Å². The van der Waals surface area contributed by atoms with E-state index in [1.165, 1.54) is 6.07 Å². The number of hydrogen-bond donors (Lipinski definition) is 2. The smallest absolute Gasteiger partial charge is 0.335 e. The minimum absolute atomic E-state index is 0.173. The summed E-state index contributed by atoms with van der Waals surface area (Å²) in [6, 6.07) is 4.74. The second kappa shape index (κ2) is 5.15. The first-order valence-electron chi connectivity index (χ1n) is 6.97. The van der Waals surface area contributed by atoms with Crippen LogP contribution in [-0.4, -0.2) is 20.6 Å². The summed E-state index contributed by atoms with van der Waals surface area (Å²) in [6.45, 7) is 6.16. The maximum Gasteiger partial charge on any atom is 0.335 e. The highest BCUT2D eigenvalue weighted by atomic mass is 16.4. The Balaban J connectivity index is 2.80. The molecule has 0 aliphatic rings. The Morgan fingerprint density at radius 1 is 1.25 bits per heavy atom. The van der Waals surface area contributed by atoms with Gasteiger partial charge >= 0.3 is 11.7 Å². The van der Waals surface area contributed by atoms with Crippen molar-refractivity contribution in [3.63, 3.8) is 0 Å². The van der Waals surface area contributed by atoms with Gasteiger partial charge in [-0.15, -0.1) is 0 Å². The number of nitrogens with zero attached hydrogens (tertiary/aromatic N) is 1. The number of aromatic carboxylic acids is 1. The fourth-order valence-electron chi connectivity index (χ4n) is 2.93. The second-order valence-electron chi connectivity index (χ2n) is 5.09. The molecule has 0 saturated carbocycles. The summed E-state index contributed by atoms with van der Waals surface area (Å²) in [5, 5.41) is 9.12. The Morgan fingerprint density at radius 2 is 1.85 bits per heavy atom. The molecular formula is C15H20N2O3. The lowest BCUT2D eigenvalue weighted by Crippen LogP contribution is -2.38. The number of imidazole rings is 1. The molecule has 108 valence electrons. The average molecular weight is 276 g/mol. The molecule has 0 fully saturated rings. The largest absolute Gasteiger partial charge is 0.478 e. The molecule has 0 saturated heterocycles. The Hall–Kier alpha value is -2.04. The molecule has 2 rings (SSSR count). The minimum atomic E-state index is -0.984. The predicted octanol–water partition coefficient (Wildman–Crippen LogP) is 2.95. The first-order valence-corrected chi connectivity index (χ1v) is 6.97. The molecule has 0 amide bonds. The molecule has 0 atom stereocenters. The summed E-state index contributed by atoms with van der Waals surface area (Å²) in [4.78, 5) is 26.2. The highest BCUT2D eigenvalue weighted by Gasteiger charge is 2.30. The van der Waals surface area contributed by atoms with Crippen molar-refractivity contribution in [2.45, 2.75) is 45.6 Å². The molecular weight excluding hydrogens is 256 g/mol. The van der Waals surface area contributed by atoms with Crippen molar-refractivity contribution in [2.75, 3.05) is 0 Å². The van der Waals surface area contributed by atoms with E-state index in [0.29, 0.717) is 11.0 Å². The minimum Gasteiger partial charge on any atom is -0.478 e. The van der Waals surface area contributed by atoms with Crippen LogP contribution in [0.4, 0.5) is 0 Å². The Morgan fingerprint density at radius 3 is 2.35 bits per heavy atom. The summed E-state index contributed by atoms with van der Waals surface area (Å²) in [5.74, 6) is -0.984. The zero-order valence-electron chi connectivity index (χ0n) is 12.1. The molecule has 0 aliphatic carbocycles. The molecule has 0 unspecified atom stereocenters. The van der Waals surface area contributed by atoms with Crippen molar-refractivity contribution < 1.29 is 9.90 Å². The Labute approximate surface area is 117 Å². The molecule has 5 nitrogen and oxygen atoms in total. The molecule has 2 aromatic rings. The van der Waals surface area contributed by atoms with Crippen molar-refractivity contribution in [3.8, 4) is 0 Å². The number of rotatable bonds is 5. The maximum atomic E-state index is 12.3. The maximum absolute atomic E-state index is 12.3. The summed E-state index contributed by atoms with van der Waals surface area (Å²) >= 11 is 0. The van der Waals surface area contributed by atoms with Crippen LogP contribution < -0.4 is 5.69 Å². The zero-order valence-corrected chi connectivity index (χ0v) is 12.1. The van der Waals surface area contributed by atoms with E-state index in [-0.39, 0.29) is 16.8 Å². The van der Waals surface area contributed by atoms with E-state index in [1.807, 2.05) is 0 Å². The van der Waals surface area contributed by atoms with Gasteiger partial charge in [0.05, 0.1) is 16.6 Å². The predicted molar refractivity (Wildman–Crippen MR) is 78.4 cm³/mol. The highest BCUT2D eigenvalue weighted by molar-refractivity contribution is 5.92. The van der Waals surface area contributed by atoms with Crippen molar-refractivity contribution in [3.05, 3.63) is 34.2 Å². The van der Waals surface area contributed by atoms with Gasteiger partial charge < -0.3 is 10.1 Å². The molecule has 0 bridgehead atoms. The zero-order chi connectivity index (χ0) is 14.9. The van der Waals surface area contributed by atoms with Crippen molar-refractivity contribution in [1.29, 1.82) is 0 Å². The van der Waals surface area contributed by atoms with Crippen LogP contribution in [0.1, 0.15) is 50.4 Å². The average Bonchev–Trinajstić information content (AvgIpc) is 2.78. The van der Waals surface area contributed by atoms with E-state index in [2.05, 4.69) is 25.8 Å². The number of hydrogen-bond acceptors (Lipinski definition) is 2. The van der Waals surface area contributed by atoms with Crippen LogP contribution in [0.15, 0.2) is 23.0 Å². The van der Waals surface area contributed by atoms with Gasteiger partial charge in [0.25, 0.3) is 0 Å². The van der Waals surface area contributed by atoms with Gasteiger partial charge in [0.1, 0.15) is 0 Å². The number of fused-ring (bicyclic) bond motifs is 1. The molecule has 5 heteroatoms. The normalized spacial score (nSPS) is 11.9. The lowest BCUT2D eigenvalue weighted by atomic mass is 9.89. The number of aromatic nitrogens is 2. The number of carboxylic acids is 1. The highest BCUT2D eigenvalue weighted by Crippen LogP contribution is 2.31. The summed E-state index contributed by atoms with van der Waals surface area (Å²) in [6.07, 6.45) is 2.47. The van der Waals surface area contributed by atoms with Gasteiger partial charge in [0.2, 0.25) is 0 Å². The van der Waals surface area contributed by atoms with Gasteiger partial charge in [0, 0.05) is 5.54 Å². The first kappa shape index (κ1) is 14.4. The van der Waals surface area contributed by atoms with Crippen molar-refractivity contribution in [2.24, 2.45) is 0 Å². The van der Waals surface area contributed by atoms with Gasteiger partial charge in [-0.3, -0.25) is 4.57 Å². The third kappa shape index (κ3) is 2.03. The third-order valence-electron chi connectivity index (χ3n) is 4.38. The lowest BCUT2D eigenvalue weighted by molar-refractivity contribution is 0.0697. The molecule has 0 spiro atoms. The molecule has 0 aliphatic heterocycles. The second-order valence-corrected chi connectivity index (χ2v) is 5.09. The van der Waals surface area contributed by atoms with E-state index in [4.69, 9.17) is 5.11 Å². The number of benzene rings is 1. The molecule has 20 heavy (non-hydrogen) atoms. The van der Waals surface area contributed by atoms with Crippen molar-refractivity contribution >= 4 is 17.0 Å². The number of nitrogens with one attached hydrogen (secondary N) is 1. The molecule has 2 N–H and O–H groups in total. The van der Waals surface area contributed by atoms with E-state index in [0.717, 1.165) is 19.3 Å². The van der Waals surface area contributed by atoms with E-state index in [1.54, 1.807) is 16.7 Å². The summed E-state index contributed by atoms with van der Waals surface area (Å²) in [7, 11) is 0. The number of aromatic amines is 1. The number of H-pyrrole nitrogens is 1. The quantitative estimate of drug-likeness (QED) is 0.881. The number of carbonyl (C=O) groups is 1. The van der Waals surface area contributed by atoms with E-state index < -0.39 is 5.97 Å². The molecule has 1 heterocycles. The van der Waals surface area contributed by atoms with Gasteiger partial charge in [-0.05, 0) is 37.5 Å². The first-order chi connectivity index (χ1) is 9.49. The standard InChI is InChI=1S/C15H20N2O3/c1-4-15(5-2,6-3)17-12-9-10(13(18)19)7-8-11(12)16-14(17)20/h7-9H,4-6H2,1-3H3,(H,16,20)(H,18,19). The fourth-order valence-corrected chi connectivity index (χ4v) is 2.93. The lowest BCUT2D eigenvalue weighted by Gasteiger charge is -2.32. The van der Waals surface area contributed by atoms with Gasteiger partial charge in [-0.2, -0.15) is 0 Å². The summed E-state index contributed by atoms with van der Waals surface area (Å²) in [5.41, 5.74) is 1.10. The van der Waals surface area contributed by atoms with Crippen LogP contribution in [-0.2, 0) is 5.54 Å². The van der Waals surface area contributed by atoms with Crippen LogP contribution in [0.3, 0.4) is 0 Å². The van der Waals surface area contributed by atoms with E-state index in [9.17, 15) is 9.59 Å². The molecule has 1 aromatic heterocycles. The van der Waals surface area contributed by atoms with Crippen LogP contribution >= 0.6 is 0 Å². The van der Waals surface area contributed by atoms with Crippen LogP contribution in [0.5, 0.6) is 0 Å². The van der Waals surface area contributed by atoms with Gasteiger partial charge in [0.15, 0.2) is 0 Å². The van der Waals surface area contributed by atoms with Crippen LogP contribution in [0.25, 0.3) is 11.0 Å². The Kier molecular flexibility index (Phi) is 3.70. The number of carboxylic acid groups (broad SMARTS) is 1.